The standard InChI is InChI=1S/C14H23NO3S/c1-3-12-15(11(8-19-12)14(17)18)13(16)10-6-4-9(2)5-7-10/h9-12H,3-8H2,1-2H3,(H,17,18). The van der Waals surface area contributed by atoms with E-state index in [0.29, 0.717) is 11.7 Å². The molecule has 1 aliphatic carbocycles. The number of nitrogens with zero attached hydrogens (tertiary/aromatic N) is 1. The van der Waals surface area contributed by atoms with Gasteiger partial charge in [0.1, 0.15) is 6.04 Å². The highest BCUT2D eigenvalue weighted by Crippen LogP contribution is 2.36. The molecule has 108 valence electrons. The Labute approximate surface area is 118 Å². The third-order valence-electron chi connectivity index (χ3n) is 4.35. The third kappa shape index (κ3) is 3.07. The van der Waals surface area contributed by atoms with E-state index in [1.54, 1.807) is 16.7 Å². The minimum atomic E-state index is -0.860. The number of carbonyl (C=O) groups is 2. The first-order chi connectivity index (χ1) is 9.04. The number of amides is 1. The van der Waals surface area contributed by atoms with Gasteiger partial charge in [-0.1, -0.05) is 13.8 Å². The summed E-state index contributed by atoms with van der Waals surface area (Å²) in [7, 11) is 0. The summed E-state index contributed by atoms with van der Waals surface area (Å²) >= 11 is 1.60. The summed E-state index contributed by atoms with van der Waals surface area (Å²) in [6.07, 6.45) is 4.84. The van der Waals surface area contributed by atoms with Crippen molar-refractivity contribution >= 4 is 23.6 Å². The highest BCUT2D eigenvalue weighted by atomic mass is 32.2. The molecule has 0 aromatic heterocycles. The van der Waals surface area contributed by atoms with E-state index in [9.17, 15) is 14.7 Å². The van der Waals surface area contributed by atoms with Gasteiger partial charge in [0.15, 0.2) is 0 Å². The maximum Gasteiger partial charge on any atom is 0.327 e. The number of aliphatic carboxylic acids is 1. The Morgan fingerprint density at radius 3 is 2.42 bits per heavy atom. The second-order valence-corrected chi connectivity index (χ2v) is 6.96. The van der Waals surface area contributed by atoms with Crippen LogP contribution in [0, 0.1) is 11.8 Å². The van der Waals surface area contributed by atoms with Crippen molar-refractivity contribution in [2.45, 2.75) is 57.4 Å². The molecule has 2 unspecified atom stereocenters. The maximum absolute atomic E-state index is 12.6. The van der Waals surface area contributed by atoms with Crippen LogP contribution < -0.4 is 0 Å². The van der Waals surface area contributed by atoms with E-state index in [4.69, 9.17) is 0 Å². The smallest absolute Gasteiger partial charge is 0.327 e. The Balaban J connectivity index is 2.08. The lowest BCUT2D eigenvalue weighted by atomic mass is 9.82. The number of rotatable bonds is 3. The van der Waals surface area contributed by atoms with Crippen molar-refractivity contribution in [3.8, 4) is 0 Å². The highest BCUT2D eigenvalue weighted by Gasteiger charge is 2.43. The highest BCUT2D eigenvalue weighted by molar-refractivity contribution is 8.00. The van der Waals surface area contributed by atoms with Crippen LogP contribution in [0.3, 0.4) is 0 Å². The van der Waals surface area contributed by atoms with Gasteiger partial charge in [0.25, 0.3) is 0 Å². The lowest BCUT2D eigenvalue weighted by Gasteiger charge is -2.33. The number of carbonyl (C=O) groups excluding carboxylic acids is 1. The summed E-state index contributed by atoms with van der Waals surface area (Å²) in [6.45, 7) is 4.24. The fraction of sp³-hybridized carbons (Fsp3) is 0.857. The largest absolute Gasteiger partial charge is 0.480 e. The predicted octanol–water partition coefficient (Wildman–Crippen LogP) is 2.58. The van der Waals surface area contributed by atoms with Crippen molar-refractivity contribution in [2.24, 2.45) is 11.8 Å². The Morgan fingerprint density at radius 1 is 1.26 bits per heavy atom. The van der Waals surface area contributed by atoms with Gasteiger partial charge >= 0.3 is 5.97 Å². The van der Waals surface area contributed by atoms with Crippen LogP contribution >= 0.6 is 11.8 Å². The molecule has 0 spiro atoms. The minimum Gasteiger partial charge on any atom is -0.480 e. The fourth-order valence-corrected chi connectivity index (χ4v) is 4.44. The van der Waals surface area contributed by atoms with E-state index in [-0.39, 0.29) is 17.2 Å². The summed E-state index contributed by atoms with van der Waals surface area (Å²) in [5, 5.41) is 9.33. The van der Waals surface area contributed by atoms with Crippen molar-refractivity contribution in [2.75, 3.05) is 5.75 Å². The number of hydrogen-bond donors (Lipinski definition) is 1. The van der Waals surface area contributed by atoms with Gasteiger partial charge in [-0.15, -0.1) is 11.8 Å². The van der Waals surface area contributed by atoms with Crippen LogP contribution in [-0.2, 0) is 9.59 Å². The van der Waals surface area contributed by atoms with Crippen molar-refractivity contribution < 1.29 is 14.7 Å². The zero-order valence-corrected chi connectivity index (χ0v) is 12.5. The summed E-state index contributed by atoms with van der Waals surface area (Å²) in [6, 6.07) is -0.623. The molecule has 1 N–H and O–H groups in total. The average molecular weight is 285 g/mol. The lowest BCUT2D eigenvalue weighted by molar-refractivity contribution is -0.151. The van der Waals surface area contributed by atoms with Gasteiger partial charge in [-0.2, -0.15) is 0 Å². The van der Waals surface area contributed by atoms with Crippen LogP contribution in [0.25, 0.3) is 0 Å². The van der Waals surface area contributed by atoms with Crippen LogP contribution in [-0.4, -0.2) is 39.1 Å². The van der Waals surface area contributed by atoms with Gasteiger partial charge in [0.05, 0.1) is 5.37 Å². The molecule has 2 aliphatic rings. The molecular formula is C14H23NO3S. The Morgan fingerprint density at radius 2 is 1.89 bits per heavy atom. The van der Waals surface area contributed by atoms with Gasteiger partial charge < -0.3 is 10.0 Å². The van der Waals surface area contributed by atoms with Crippen LogP contribution in [0.2, 0.25) is 0 Å². The maximum atomic E-state index is 12.6. The Kier molecular flexibility index (Phi) is 4.76. The zero-order chi connectivity index (χ0) is 14.0. The first kappa shape index (κ1) is 14.7. The van der Waals surface area contributed by atoms with Crippen LogP contribution in [0.15, 0.2) is 0 Å². The molecule has 0 radical (unpaired) electrons. The fourth-order valence-electron chi connectivity index (χ4n) is 3.08. The second kappa shape index (κ2) is 6.16. The van der Waals surface area contributed by atoms with E-state index in [1.165, 1.54) is 0 Å². The van der Waals surface area contributed by atoms with E-state index in [0.717, 1.165) is 32.1 Å². The van der Waals surface area contributed by atoms with E-state index in [1.807, 2.05) is 6.92 Å². The predicted molar refractivity (Wildman–Crippen MR) is 75.9 cm³/mol. The van der Waals surface area contributed by atoms with Gasteiger partial charge in [-0.25, -0.2) is 4.79 Å². The molecule has 0 bridgehead atoms. The molecule has 19 heavy (non-hydrogen) atoms. The first-order valence-corrected chi connectivity index (χ1v) is 8.26. The van der Waals surface area contributed by atoms with Crippen LogP contribution in [0.4, 0.5) is 0 Å². The third-order valence-corrected chi connectivity index (χ3v) is 5.80. The molecule has 2 fully saturated rings. The molecule has 0 aromatic rings. The Bertz CT molecular complexity index is 353. The molecule has 0 aromatic carbocycles. The van der Waals surface area contributed by atoms with Crippen LogP contribution in [0.1, 0.15) is 46.0 Å². The van der Waals surface area contributed by atoms with Crippen molar-refractivity contribution in [3.63, 3.8) is 0 Å². The average Bonchev–Trinajstić information content (AvgIpc) is 2.82. The number of carboxylic acids is 1. The number of hydrogen-bond acceptors (Lipinski definition) is 3. The second-order valence-electron chi connectivity index (χ2n) is 5.75. The molecule has 1 heterocycles. The van der Waals surface area contributed by atoms with Crippen molar-refractivity contribution in [3.05, 3.63) is 0 Å². The first-order valence-electron chi connectivity index (χ1n) is 7.21. The van der Waals surface area contributed by atoms with E-state index < -0.39 is 12.0 Å². The molecule has 2 atom stereocenters. The molecule has 5 heteroatoms. The van der Waals surface area contributed by atoms with Gasteiger partial charge in [-0.05, 0) is 38.0 Å². The molecule has 1 aliphatic heterocycles. The van der Waals surface area contributed by atoms with E-state index in [2.05, 4.69) is 6.92 Å². The molecule has 1 saturated carbocycles. The molecule has 1 saturated heterocycles. The van der Waals surface area contributed by atoms with Gasteiger partial charge in [0.2, 0.25) is 5.91 Å². The molecule has 1 amide bonds. The monoisotopic (exact) mass is 285 g/mol. The quantitative estimate of drug-likeness (QED) is 0.866. The SMILES string of the molecule is CCC1SCC(C(=O)O)N1C(=O)C1CCC(C)CC1. The molecule has 2 rings (SSSR count). The molecule has 4 nitrogen and oxygen atoms in total. The lowest BCUT2D eigenvalue weighted by Crippen LogP contribution is -2.48. The minimum absolute atomic E-state index is 0.0470. The normalized spacial score (nSPS) is 35.4. The van der Waals surface area contributed by atoms with Crippen molar-refractivity contribution in [1.82, 2.24) is 4.90 Å². The molecular weight excluding hydrogens is 262 g/mol. The van der Waals surface area contributed by atoms with Crippen molar-refractivity contribution in [1.29, 1.82) is 0 Å². The number of thioether (sulfide) groups is 1. The van der Waals surface area contributed by atoms with Gasteiger partial charge in [-0.3, -0.25) is 4.79 Å². The topological polar surface area (TPSA) is 57.6 Å². The summed E-state index contributed by atoms with van der Waals surface area (Å²) in [5.41, 5.74) is 0. The Hall–Kier alpha value is -0.710. The summed E-state index contributed by atoms with van der Waals surface area (Å²) in [5.74, 6) is 0.500. The van der Waals surface area contributed by atoms with E-state index >= 15 is 0 Å². The van der Waals surface area contributed by atoms with Gasteiger partial charge in [0, 0.05) is 11.7 Å². The zero-order valence-electron chi connectivity index (χ0n) is 11.7. The number of carboxylic acid groups (broad SMARTS) is 1. The van der Waals surface area contributed by atoms with Crippen LogP contribution in [0.5, 0.6) is 0 Å². The summed E-state index contributed by atoms with van der Waals surface area (Å²) in [4.78, 5) is 25.6. The summed E-state index contributed by atoms with van der Waals surface area (Å²) < 4.78 is 0.